The number of amides is 1. The van der Waals surface area contributed by atoms with Crippen LogP contribution < -0.4 is 4.72 Å². The predicted molar refractivity (Wildman–Crippen MR) is 131 cm³/mol. The summed E-state index contributed by atoms with van der Waals surface area (Å²) in [6, 6.07) is 7.94. The lowest BCUT2D eigenvalue weighted by atomic mass is 9.76. The summed E-state index contributed by atoms with van der Waals surface area (Å²) in [5, 5.41) is 11.0. The molecule has 0 aromatic heterocycles. The standard InChI is InChI=1S/C24H26Cl2N2O5S/c1-13-7-9-15-17(11-13)23(29)28(20-6-4-3-5-19(20)27-34(2,32)33)22(21(15)24(30)31)16-10-8-14(25)12-18(16)26/h7-12,19-22,27H,3-6H2,1-2H3,(H,30,31)/t19?,20-,21+,22-/m0/s1. The fourth-order valence-electron chi connectivity index (χ4n) is 5.28. The van der Waals surface area contributed by atoms with Crippen LogP contribution in [0.15, 0.2) is 36.4 Å². The molecule has 0 saturated heterocycles. The average molecular weight is 525 g/mol. The van der Waals surface area contributed by atoms with Gasteiger partial charge in [0.2, 0.25) is 10.0 Å². The number of aryl methyl sites for hydroxylation is 1. The van der Waals surface area contributed by atoms with Gasteiger partial charge in [0.1, 0.15) is 5.92 Å². The summed E-state index contributed by atoms with van der Waals surface area (Å²) >= 11 is 12.7. The monoisotopic (exact) mass is 524 g/mol. The lowest BCUT2D eigenvalue weighted by Gasteiger charge is -2.48. The molecule has 0 bridgehead atoms. The molecule has 2 aromatic carbocycles. The van der Waals surface area contributed by atoms with E-state index in [0.29, 0.717) is 34.6 Å². The number of carbonyl (C=O) groups excluding carboxylic acids is 1. The maximum absolute atomic E-state index is 14.0. The van der Waals surface area contributed by atoms with Crippen molar-refractivity contribution in [3.8, 4) is 0 Å². The first-order valence-electron chi connectivity index (χ1n) is 11.1. The number of hydrogen-bond donors (Lipinski definition) is 2. The van der Waals surface area contributed by atoms with Gasteiger partial charge >= 0.3 is 5.97 Å². The second-order valence-corrected chi connectivity index (χ2v) is 11.7. The van der Waals surface area contributed by atoms with Gasteiger partial charge in [-0.05, 0) is 49.1 Å². The molecule has 0 radical (unpaired) electrons. The zero-order chi connectivity index (χ0) is 24.8. The second-order valence-electron chi connectivity index (χ2n) is 9.08. The van der Waals surface area contributed by atoms with Crippen molar-refractivity contribution >= 4 is 45.1 Å². The maximum atomic E-state index is 14.0. The van der Waals surface area contributed by atoms with E-state index >= 15 is 0 Å². The van der Waals surface area contributed by atoms with Crippen molar-refractivity contribution in [1.29, 1.82) is 0 Å². The van der Waals surface area contributed by atoms with Crippen LogP contribution in [0.25, 0.3) is 0 Å². The second kappa shape index (κ2) is 9.49. The number of carbonyl (C=O) groups is 2. The number of benzene rings is 2. The van der Waals surface area contributed by atoms with Gasteiger partial charge in [-0.2, -0.15) is 0 Å². The van der Waals surface area contributed by atoms with Gasteiger partial charge in [0.15, 0.2) is 0 Å². The minimum absolute atomic E-state index is 0.251. The van der Waals surface area contributed by atoms with E-state index in [0.717, 1.165) is 24.7 Å². The Morgan fingerprint density at radius 2 is 1.76 bits per heavy atom. The van der Waals surface area contributed by atoms with Crippen molar-refractivity contribution in [1.82, 2.24) is 9.62 Å². The average Bonchev–Trinajstić information content (AvgIpc) is 2.73. The molecule has 2 aromatic rings. The van der Waals surface area contributed by atoms with E-state index in [1.807, 2.05) is 6.92 Å². The Balaban J connectivity index is 1.95. The smallest absolute Gasteiger partial charge is 0.313 e. The highest BCUT2D eigenvalue weighted by Gasteiger charge is 2.49. The first kappa shape index (κ1) is 25.0. The van der Waals surface area contributed by atoms with Gasteiger partial charge in [0.25, 0.3) is 5.91 Å². The summed E-state index contributed by atoms with van der Waals surface area (Å²) in [7, 11) is -3.55. The van der Waals surface area contributed by atoms with E-state index in [4.69, 9.17) is 23.2 Å². The molecule has 1 heterocycles. The molecule has 1 aliphatic carbocycles. The van der Waals surface area contributed by atoms with Crippen LogP contribution in [0.1, 0.15) is 64.7 Å². The van der Waals surface area contributed by atoms with Crippen LogP contribution in [-0.2, 0) is 14.8 Å². The molecule has 1 amide bonds. The van der Waals surface area contributed by atoms with Gasteiger partial charge in [-0.3, -0.25) is 9.59 Å². The highest BCUT2D eigenvalue weighted by molar-refractivity contribution is 7.88. The van der Waals surface area contributed by atoms with Crippen LogP contribution in [0, 0.1) is 6.92 Å². The van der Waals surface area contributed by atoms with Gasteiger partial charge < -0.3 is 10.0 Å². The number of nitrogens with zero attached hydrogens (tertiary/aromatic N) is 1. The maximum Gasteiger partial charge on any atom is 0.313 e. The SMILES string of the molecule is Cc1ccc2c(c1)C(=O)N([C@H]1CCCCC1NS(C)(=O)=O)[C@@H](c1ccc(Cl)cc1Cl)[C@@H]2C(=O)O. The number of carboxylic acid groups (broad SMARTS) is 1. The fourth-order valence-corrected chi connectivity index (χ4v) is 6.62. The highest BCUT2D eigenvalue weighted by atomic mass is 35.5. The number of aliphatic carboxylic acids is 1. The van der Waals surface area contributed by atoms with Crippen molar-refractivity contribution in [2.75, 3.05) is 6.26 Å². The summed E-state index contributed by atoms with van der Waals surface area (Å²) in [6.45, 7) is 1.84. The van der Waals surface area contributed by atoms with E-state index in [1.165, 1.54) is 6.07 Å². The molecule has 2 N–H and O–H groups in total. The normalized spacial score (nSPS) is 25.2. The molecule has 1 fully saturated rings. The Morgan fingerprint density at radius 3 is 2.41 bits per heavy atom. The van der Waals surface area contributed by atoms with Gasteiger partial charge in [0.05, 0.1) is 12.3 Å². The molecule has 7 nitrogen and oxygen atoms in total. The molecular weight excluding hydrogens is 499 g/mol. The van der Waals surface area contributed by atoms with Crippen LogP contribution >= 0.6 is 23.2 Å². The Kier molecular flexibility index (Phi) is 6.97. The third-order valence-electron chi connectivity index (χ3n) is 6.62. The molecule has 10 heteroatoms. The molecule has 4 atom stereocenters. The first-order valence-corrected chi connectivity index (χ1v) is 13.7. The molecule has 182 valence electrons. The summed E-state index contributed by atoms with van der Waals surface area (Å²) in [5.41, 5.74) is 2.02. The van der Waals surface area contributed by atoms with Gasteiger partial charge in [-0.25, -0.2) is 13.1 Å². The Bertz CT molecular complexity index is 1250. The van der Waals surface area contributed by atoms with E-state index in [-0.39, 0.29) is 10.9 Å². The lowest BCUT2D eigenvalue weighted by Crippen LogP contribution is -2.58. The Morgan fingerprint density at radius 1 is 1.09 bits per heavy atom. The highest BCUT2D eigenvalue weighted by Crippen LogP contribution is 2.48. The number of nitrogens with one attached hydrogen (secondary N) is 1. The number of sulfonamides is 1. The fraction of sp³-hybridized carbons (Fsp3) is 0.417. The molecular formula is C24H26Cl2N2O5S. The van der Waals surface area contributed by atoms with Crippen molar-refractivity contribution < 1.29 is 23.1 Å². The van der Waals surface area contributed by atoms with Gasteiger partial charge in [-0.15, -0.1) is 0 Å². The van der Waals surface area contributed by atoms with E-state index in [2.05, 4.69) is 4.72 Å². The summed E-state index contributed by atoms with van der Waals surface area (Å²) < 4.78 is 26.9. The van der Waals surface area contributed by atoms with Crippen LogP contribution in [0.3, 0.4) is 0 Å². The number of carboxylic acids is 1. The van der Waals surface area contributed by atoms with Crippen LogP contribution in [0.2, 0.25) is 10.0 Å². The van der Waals surface area contributed by atoms with Crippen LogP contribution in [0.5, 0.6) is 0 Å². The number of rotatable bonds is 5. The van der Waals surface area contributed by atoms with Crippen molar-refractivity contribution in [3.05, 3.63) is 68.7 Å². The molecule has 34 heavy (non-hydrogen) atoms. The zero-order valence-corrected chi connectivity index (χ0v) is 21.1. The van der Waals surface area contributed by atoms with Gasteiger partial charge in [-0.1, -0.05) is 59.8 Å². The third kappa shape index (κ3) is 4.82. The Labute approximate surface area is 209 Å². The summed E-state index contributed by atoms with van der Waals surface area (Å²) in [5.74, 6) is -2.52. The molecule has 0 spiro atoms. The topological polar surface area (TPSA) is 104 Å². The lowest BCUT2D eigenvalue weighted by molar-refractivity contribution is -0.141. The minimum Gasteiger partial charge on any atom is -0.481 e. The number of fused-ring (bicyclic) bond motifs is 1. The van der Waals surface area contributed by atoms with Crippen molar-refractivity contribution in [2.45, 2.75) is 56.7 Å². The molecule has 2 aliphatic rings. The number of hydrogen-bond acceptors (Lipinski definition) is 4. The summed E-state index contributed by atoms with van der Waals surface area (Å²) in [4.78, 5) is 28.2. The van der Waals surface area contributed by atoms with E-state index in [1.54, 1.807) is 35.2 Å². The molecule has 4 rings (SSSR count). The molecule has 1 saturated carbocycles. The van der Waals surface area contributed by atoms with Crippen LogP contribution in [0.4, 0.5) is 0 Å². The van der Waals surface area contributed by atoms with Crippen molar-refractivity contribution in [3.63, 3.8) is 0 Å². The zero-order valence-electron chi connectivity index (χ0n) is 18.8. The Hall–Kier alpha value is -2.13. The minimum atomic E-state index is -3.55. The third-order valence-corrected chi connectivity index (χ3v) is 7.92. The van der Waals surface area contributed by atoms with Crippen LogP contribution in [-0.4, -0.2) is 48.6 Å². The quantitative estimate of drug-likeness (QED) is 0.597. The van der Waals surface area contributed by atoms with E-state index in [9.17, 15) is 23.1 Å². The predicted octanol–water partition coefficient (Wildman–Crippen LogP) is 4.53. The molecule has 1 unspecified atom stereocenters. The first-order chi connectivity index (χ1) is 16.0. The van der Waals surface area contributed by atoms with E-state index < -0.39 is 40.0 Å². The molecule has 1 aliphatic heterocycles. The number of halogens is 2. The largest absolute Gasteiger partial charge is 0.481 e. The van der Waals surface area contributed by atoms with Gasteiger partial charge in [0, 0.05) is 27.7 Å². The summed E-state index contributed by atoms with van der Waals surface area (Å²) in [6.07, 6.45) is 3.75. The van der Waals surface area contributed by atoms with Crippen molar-refractivity contribution in [2.24, 2.45) is 0 Å².